The second-order valence-electron chi connectivity index (χ2n) is 4.93. The highest BCUT2D eigenvalue weighted by atomic mass is 35.5. The molecule has 2 fully saturated rings. The van der Waals surface area contributed by atoms with Crippen molar-refractivity contribution in [2.45, 2.75) is 6.42 Å². The minimum atomic E-state index is 0. The molecule has 19 heavy (non-hydrogen) atoms. The Labute approximate surface area is 125 Å². The lowest BCUT2D eigenvalue weighted by Gasteiger charge is -2.34. The summed E-state index contributed by atoms with van der Waals surface area (Å²) >= 11 is 0. The average molecular weight is 304 g/mol. The largest absolute Gasteiger partial charge is 0.337 e. The fraction of sp³-hybridized carbons (Fsp3) is 0.538. The van der Waals surface area contributed by atoms with E-state index < -0.39 is 0 Å². The lowest BCUT2D eigenvalue weighted by atomic mass is 9.88. The smallest absolute Gasteiger partial charge is 0.272 e. The molecule has 1 amide bonds. The standard InChI is InChI=1S/C13H17N3O.2ClH/c17-13(12-3-1-2-5-15-12)16-6-4-10-7-14-8-11(10)9-16;;/h1-3,5,10-11,14H,4,6-9H2;2*1H. The molecular formula is C13H19Cl2N3O. The Morgan fingerprint density at radius 1 is 1.26 bits per heavy atom. The van der Waals surface area contributed by atoms with Crippen LogP contribution in [0.2, 0.25) is 0 Å². The van der Waals surface area contributed by atoms with Gasteiger partial charge in [-0.2, -0.15) is 0 Å². The SMILES string of the molecule is Cl.Cl.O=C(c1ccccn1)N1CCC2CNCC2C1. The lowest BCUT2D eigenvalue weighted by molar-refractivity contribution is 0.0636. The van der Waals surface area contributed by atoms with Crippen molar-refractivity contribution in [2.75, 3.05) is 26.2 Å². The number of likely N-dealkylation sites (tertiary alicyclic amines) is 1. The van der Waals surface area contributed by atoms with Crippen molar-refractivity contribution in [3.63, 3.8) is 0 Å². The molecule has 0 aromatic carbocycles. The van der Waals surface area contributed by atoms with E-state index in [-0.39, 0.29) is 30.7 Å². The minimum absolute atomic E-state index is 0. The zero-order valence-electron chi connectivity index (χ0n) is 10.6. The number of rotatable bonds is 1. The normalized spacial score (nSPS) is 24.9. The molecule has 3 rings (SSSR count). The minimum Gasteiger partial charge on any atom is -0.337 e. The summed E-state index contributed by atoms with van der Waals surface area (Å²) < 4.78 is 0. The molecule has 4 nitrogen and oxygen atoms in total. The van der Waals surface area contributed by atoms with Crippen molar-refractivity contribution < 1.29 is 4.79 Å². The Morgan fingerprint density at radius 3 is 2.79 bits per heavy atom. The molecule has 106 valence electrons. The number of pyridine rings is 1. The van der Waals surface area contributed by atoms with Crippen LogP contribution < -0.4 is 5.32 Å². The Balaban J connectivity index is 0.000000902. The van der Waals surface area contributed by atoms with Gasteiger partial charge in [0.2, 0.25) is 0 Å². The van der Waals surface area contributed by atoms with Crippen LogP contribution in [-0.4, -0.2) is 42.0 Å². The topological polar surface area (TPSA) is 45.2 Å². The van der Waals surface area contributed by atoms with Crippen molar-refractivity contribution in [2.24, 2.45) is 11.8 Å². The molecule has 0 radical (unpaired) electrons. The van der Waals surface area contributed by atoms with Gasteiger partial charge >= 0.3 is 0 Å². The quantitative estimate of drug-likeness (QED) is 0.857. The molecule has 2 aliphatic rings. The van der Waals surface area contributed by atoms with E-state index in [0.29, 0.717) is 11.6 Å². The number of carbonyl (C=O) groups excluding carboxylic acids is 1. The molecule has 6 heteroatoms. The van der Waals surface area contributed by atoms with E-state index in [1.807, 2.05) is 17.0 Å². The van der Waals surface area contributed by atoms with E-state index in [2.05, 4.69) is 10.3 Å². The van der Waals surface area contributed by atoms with Gasteiger partial charge < -0.3 is 10.2 Å². The first-order valence-electron chi connectivity index (χ1n) is 6.25. The van der Waals surface area contributed by atoms with Gasteiger partial charge in [0.1, 0.15) is 5.69 Å². The van der Waals surface area contributed by atoms with E-state index in [9.17, 15) is 4.79 Å². The van der Waals surface area contributed by atoms with Crippen LogP contribution in [0.3, 0.4) is 0 Å². The third-order valence-corrected chi connectivity index (χ3v) is 3.88. The number of piperidine rings is 1. The molecule has 2 saturated heterocycles. The zero-order chi connectivity index (χ0) is 11.7. The second kappa shape index (κ2) is 7.08. The number of nitrogens with zero attached hydrogens (tertiary/aromatic N) is 2. The number of aromatic nitrogens is 1. The highest BCUT2D eigenvalue weighted by Gasteiger charge is 2.34. The van der Waals surface area contributed by atoms with Gasteiger partial charge in [-0.15, -0.1) is 24.8 Å². The zero-order valence-corrected chi connectivity index (χ0v) is 12.3. The van der Waals surface area contributed by atoms with Crippen LogP contribution in [-0.2, 0) is 0 Å². The number of hydrogen-bond donors (Lipinski definition) is 1. The fourth-order valence-electron chi connectivity index (χ4n) is 2.87. The van der Waals surface area contributed by atoms with E-state index in [1.54, 1.807) is 12.3 Å². The van der Waals surface area contributed by atoms with E-state index in [0.717, 1.165) is 38.5 Å². The molecule has 0 aliphatic carbocycles. The van der Waals surface area contributed by atoms with Crippen LogP contribution in [0.5, 0.6) is 0 Å². The highest BCUT2D eigenvalue weighted by Crippen LogP contribution is 2.27. The molecule has 0 bridgehead atoms. The molecule has 1 aromatic heterocycles. The molecule has 3 heterocycles. The van der Waals surface area contributed by atoms with Gasteiger partial charge in [0.05, 0.1) is 0 Å². The Bertz CT molecular complexity index is 416. The lowest BCUT2D eigenvalue weighted by Crippen LogP contribution is -2.43. The van der Waals surface area contributed by atoms with Crippen molar-refractivity contribution in [3.8, 4) is 0 Å². The number of carbonyl (C=O) groups is 1. The van der Waals surface area contributed by atoms with Crippen molar-refractivity contribution >= 4 is 30.7 Å². The summed E-state index contributed by atoms with van der Waals surface area (Å²) in [5, 5.41) is 3.41. The number of halogens is 2. The van der Waals surface area contributed by atoms with Crippen molar-refractivity contribution in [3.05, 3.63) is 30.1 Å². The first-order valence-corrected chi connectivity index (χ1v) is 6.25. The van der Waals surface area contributed by atoms with Gasteiger partial charge in [-0.05, 0) is 43.5 Å². The Morgan fingerprint density at radius 2 is 2.05 bits per heavy atom. The average Bonchev–Trinajstić information content (AvgIpc) is 2.86. The maximum absolute atomic E-state index is 12.2. The maximum Gasteiger partial charge on any atom is 0.272 e. The number of amides is 1. The van der Waals surface area contributed by atoms with Crippen LogP contribution in [0.4, 0.5) is 0 Å². The first-order chi connectivity index (χ1) is 8.34. The molecule has 0 saturated carbocycles. The van der Waals surface area contributed by atoms with E-state index >= 15 is 0 Å². The summed E-state index contributed by atoms with van der Waals surface area (Å²) in [4.78, 5) is 18.3. The predicted molar refractivity (Wildman–Crippen MR) is 79.1 cm³/mol. The molecule has 1 aromatic rings. The molecule has 0 spiro atoms. The summed E-state index contributed by atoms with van der Waals surface area (Å²) in [7, 11) is 0. The summed E-state index contributed by atoms with van der Waals surface area (Å²) in [6.45, 7) is 3.93. The van der Waals surface area contributed by atoms with E-state index in [1.165, 1.54) is 0 Å². The van der Waals surface area contributed by atoms with Gasteiger partial charge in [-0.3, -0.25) is 9.78 Å². The number of hydrogen-bond acceptors (Lipinski definition) is 3. The van der Waals surface area contributed by atoms with Crippen molar-refractivity contribution in [1.29, 1.82) is 0 Å². The van der Waals surface area contributed by atoms with Gasteiger partial charge in [0.15, 0.2) is 0 Å². The first kappa shape index (κ1) is 16.2. The monoisotopic (exact) mass is 303 g/mol. The molecule has 1 N–H and O–H groups in total. The highest BCUT2D eigenvalue weighted by molar-refractivity contribution is 5.92. The van der Waals surface area contributed by atoms with Crippen LogP contribution in [0.25, 0.3) is 0 Å². The van der Waals surface area contributed by atoms with Crippen LogP contribution in [0.15, 0.2) is 24.4 Å². The third-order valence-electron chi connectivity index (χ3n) is 3.88. The third kappa shape index (κ3) is 3.38. The second-order valence-corrected chi connectivity index (χ2v) is 4.93. The van der Waals surface area contributed by atoms with Gasteiger partial charge in [0.25, 0.3) is 5.91 Å². The number of fused-ring (bicyclic) bond motifs is 1. The predicted octanol–water partition coefficient (Wildman–Crippen LogP) is 1.61. The van der Waals surface area contributed by atoms with Crippen LogP contribution >= 0.6 is 24.8 Å². The van der Waals surface area contributed by atoms with Gasteiger partial charge in [0, 0.05) is 19.3 Å². The number of nitrogens with one attached hydrogen (secondary N) is 1. The van der Waals surface area contributed by atoms with Gasteiger partial charge in [-0.25, -0.2) is 0 Å². The van der Waals surface area contributed by atoms with Crippen LogP contribution in [0, 0.1) is 11.8 Å². The summed E-state index contributed by atoms with van der Waals surface area (Å²) in [6.07, 6.45) is 2.80. The molecule has 2 unspecified atom stereocenters. The maximum atomic E-state index is 12.2. The molecular weight excluding hydrogens is 285 g/mol. The fourth-order valence-corrected chi connectivity index (χ4v) is 2.87. The van der Waals surface area contributed by atoms with Crippen LogP contribution in [0.1, 0.15) is 16.9 Å². The summed E-state index contributed by atoms with van der Waals surface area (Å²) in [5.41, 5.74) is 0.567. The Hall–Kier alpha value is -0.840. The van der Waals surface area contributed by atoms with E-state index in [4.69, 9.17) is 0 Å². The van der Waals surface area contributed by atoms with Gasteiger partial charge in [-0.1, -0.05) is 6.07 Å². The Kier molecular flexibility index (Phi) is 6.04. The summed E-state index contributed by atoms with van der Waals surface area (Å²) in [5.74, 6) is 1.48. The molecule has 2 aliphatic heterocycles. The molecule has 2 atom stereocenters. The summed E-state index contributed by atoms with van der Waals surface area (Å²) in [6, 6.07) is 5.50. The van der Waals surface area contributed by atoms with Crippen molar-refractivity contribution in [1.82, 2.24) is 15.2 Å².